The number of rotatable bonds is 2. The summed E-state index contributed by atoms with van der Waals surface area (Å²) in [5, 5.41) is 0. The Balaban J connectivity index is 2.41. The van der Waals surface area contributed by atoms with Crippen LogP contribution in [0.4, 0.5) is 0 Å². The fourth-order valence-corrected chi connectivity index (χ4v) is 2.23. The quantitative estimate of drug-likeness (QED) is 0.759. The lowest BCUT2D eigenvalue weighted by atomic mass is 10.0. The first-order valence-electron chi connectivity index (χ1n) is 4.64. The molecule has 0 aliphatic heterocycles. The normalized spacial score (nSPS) is 10.4. The van der Waals surface area contributed by atoms with E-state index in [0.29, 0.717) is 16.0 Å². The number of hydrogen-bond acceptors (Lipinski definition) is 2. The number of furan rings is 1. The molecular formula is C12H8Br2O2. The zero-order valence-electron chi connectivity index (χ0n) is 8.46. The Kier molecular flexibility index (Phi) is 3.30. The Labute approximate surface area is 110 Å². The van der Waals surface area contributed by atoms with Gasteiger partial charge in [0, 0.05) is 10.0 Å². The molecule has 0 amide bonds. The van der Waals surface area contributed by atoms with Gasteiger partial charge in [0.15, 0.2) is 10.4 Å². The molecule has 2 nitrogen and oxygen atoms in total. The Morgan fingerprint density at radius 1 is 1.19 bits per heavy atom. The Hall–Kier alpha value is -0.870. The van der Waals surface area contributed by atoms with Gasteiger partial charge >= 0.3 is 0 Å². The van der Waals surface area contributed by atoms with Crippen LogP contribution in [0, 0.1) is 6.92 Å². The number of aryl methyl sites for hydroxylation is 1. The largest absolute Gasteiger partial charge is 0.446 e. The molecular weight excluding hydrogens is 336 g/mol. The van der Waals surface area contributed by atoms with Crippen LogP contribution < -0.4 is 0 Å². The number of carbonyl (C=O) groups excluding carboxylic acids is 1. The zero-order chi connectivity index (χ0) is 11.7. The van der Waals surface area contributed by atoms with E-state index in [4.69, 9.17) is 4.42 Å². The summed E-state index contributed by atoms with van der Waals surface area (Å²) >= 11 is 6.54. The minimum atomic E-state index is -0.101. The van der Waals surface area contributed by atoms with Crippen molar-refractivity contribution in [1.29, 1.82) is 0 Å². The van der Waals surface area contributed by atoms with Crippen molar-refractivity contribution in [3.8, 4) is 0 Å². The molecule has 0 unspecified atom stereocenters. The maximum absolute atomic E-state index is 12.1. The van der Waals surface area contributed by atoms with Crippen LogP contribution in [-0.2, 0) is 0 Å². The molecule has 82 valence electrons. The zero-order valence-corrected chi connectivity index (χ0v) is 11.6. The lowest BCUT2D eigenvalue weighted by Crippen LogP contribution is -2.01. The summed E-state index contributed by atoms with van der Waals surface area (Å²) in [6.07, 6.45) is 0. The van der Waals surface area contributed by atoms with Gasteiger partial charge in [-0.1, -0.05) is 15.9 Å². The lowest BCUT2D eigenvalue weighted by molar-refractivity contribution is 0.101. The highest BCUT2D eigenvalue weighted by atomic mass is 79.9. The molecule has 0 radical (unpaired) electrons. The highest BCUT2D eigenvalue weighted by Gasteiger charge is 2.15. The van der Waals surface area contributed by atoms with Crippen LogP contribution in [0.2, 0.25) is 0 Å². The molecule has 1 aromatic carbocycles. The molecule has 0 spiro atoms. The maximum atomic E-state index is 12.1. The summed E-state index contributed by atoms with van der Waals surface area (Å²) in [6.45, 7) is 1.90. The lowest BCUT2D eigenvalue weighted by Gasteiger charge is -2.03. The molecule has 2 rings (SSSR count). The van der Waals surface area contributed by atoms with Crippen molar-refractivity contribution < 1.29 is 9.21 Å². The standard InChI is InChI=1S/C12H8Br2O2/c1-7-6-8(13)2-3-9(7)12(15)10-4-5-11(14)16-10/h2-6H,1H3. The van der Waals surface area contributed by atoms with Crippen LogP contribution in [0.1, 0.15) is 21.7 Å². The van der Waals surface area contributed by atoms with Gasteiger partial charge in [-0.2, -0.15) is 0 Å². The summed E-state index contributed by atoms with van der Waals surface area (Å²) in [6, 6.07) is 8.91. The molecule has 0 fully saturated rings. The van der Waals surface area contributed by atoms with Gasteiger partial charge in [0.25, 0.3) is 0 Å². The van der Waals surface area contributed by atoms with E-state index in [9.17, 15) is 4.79 Å². The number of ketones is 1. The molecule has 4 heteroatoms. The molecule has 0 saturated heterocycles. The Morgan fingerprint density at radius 2 is 1.94 bits per heavy atom. The van der Waals surface area contributed by atoms with E-state index >= 15 is 0 Å². The topological polar surface area (TPSA) is 30.2 Å². The smallest absolute Gasteiger partial charge is 0.228 e. The predicted molar refractivity (Wildman–Crippen MR) is 68.7 cm³/mol. The van der Waals surface area contributed by atoms with E-state index in [1.54, 1.807) is 18.2 Å². The van der Waals surface area contributed by atoms with Crippen molar-refractivity contribution in [2.45, 2.75) is 6.92 Å². The number of halogens is 2. The van der Waals surface area contributed by atoms with E-state index in [2.05, 4.69) is 31.9 Å². The third-order valence-corrected chi connectivity index (χ3v) is 3.15. The second kappa shape index (κ2) is 4.55. The van der Waals surface area contributed by atoms with E-state index < -0.39 is 0 Å². The SMILES string of the molecule is Cc1cc(Br)ccc1C(=O)c1ccc(Br)o1. The van der Waals surface area contributed by atoms with Crippen molar-refractivity contribution in [2.75, 3.05) is 0 Å². The van der Waals surface area contributed by atoms with Crippen molar-refractivity contribution in [3.05, 3.63) is 56.4 Å². The third-order valence-electron chi connectivity index (χ3n) is 2.23. The molecule has 0 atom stereocenters. The molecule has 1 aromatic heterocycles. The average Bonchev–Trinajstić information content (AvgIpc) is 2.64. The first-order chi connectivity index (χ1) is 7.58. The minimum absolute atomic E-state index is 0.101. The summed E-state index contributed by atoms with van der Waals surface area (Å²) in [4.78, 5) is 12.1. The van der Waals surface area contributed by atoms with Gasteiger partial charge in [-0.15, -0.1) is 0 Å². The van der Waals surface area contributed by atoms with Gasteiger partial charge < -0.3 is 4.42 Å². The second-order valence-corrected chi connectivity index (χ2v) is 5.09. The van der Waals surface area contributed by atoms with Crippen LogP contribution in [0.15, 0.2) is 43.9 Å². The van der Waals surface area contributed by atoms with Gasteiger partial charge in [-0.3, -0.25) is 4.79 Å². The first kappa shape index (κ1) is 11.6. The molecule has 2 aromatic rings. The summed E-state index contributed by atoms with van der Waals surface area (Å²) in [5.41, 5.74) is 1.58. The van der Waals surface area contributed by atoms with Gasteiger partial charge in [0.1, 0.15) is 0 Å². The van der Waals surface area contributed by atoms with Crippen LogP contribution in [-0.4, -0.2) is 5.78 Å². The van der Waals surface area contributed by atoms with Gasteiger partial charge in [0.2, 0.25) is 5.78 Å². The molecule has 0 aliphatic carbocycles. The Bertz CT molecular complexity index is 544. The maximum Gasteiger partial charge on any atom is 0.228 e. The highest BCUT2D eigenvalue weighted by Crippen LogP contribution is 2.21. The van der Waals surface area contributed by atoms with Crippen LogP contribution in [0.3, 0.4) is 0 Å². The highest BCUT2D eigenvalue weighted by molar-refractivity contribution is 9.10. The molecule has 0 N–H and O–H groups in total. The molecule has 0 bridgehead atoms. The van der Waals surface area contributed by atoms with Crippen molar-refractivity contribution >= 4 is 37.6 Å². The summed E-state index contributed by atoms with van der Waals surface area (Å²) in [7, 11) is 0. The first-order valence-corrected chi connectivity index (χ1v) is 6.23. The molecule has 1 heterocycles. The molecule has 16 heavy (non-hydrogen) atoms. The van der Waals surface area contributed by atoms with Gasteiger partial charge in [-0.25, -0.2) is 0 Å². The van der Waals surface area contributed by atoms with Crippen molar-refractivity contribution in [2.24, 2.45) is 0 Å². The monoisotopic (exact) mass is 342 g/mol. The average molecular weight is 344 g/mol. The van der Waals surface area contributed by atoms with E-state index in [1.165, 1.54) is 0 Å². The van der Waals surface area contributed by atoms with Crippen molar-refractivity contribution in [1.82, 2.24) is 0 Å². The second-order valence-electron chi connectivity index (χ2n) is 3.39. The fourth-order valence-electron chi connectivity index (χ4n) is 1.45. The summed E-state index contributed by atoms with van der Waals surface area (Å²) in [5.74, 6) is 0.244. The van der Waals surface area contributed by atoms with E-state index in [1.807, 2.05) is 19.1 Å². The van der Waals surface area contributed by atoms with E-state index in [-0.39, 0.29) is 5.78 Å². The minimum Gasteiger partial charge on any atom is -0.446 e. The predicted octanol–water partition coefficient (Wildman–Crippen LogP) is 4.34. The molecule has 0 saturated carbocycles. The summed E-state index contributed by atoms with van der Waals surface area (Å²) < 4.78 is 6.76. The Morgan fingerprint density at radius 3 is 2.50 bits per heavy atom. The number of hydrogen-bond donors (Lipinski definition) is 0. The number of carbonyl (C=O) groups is 1. The van der Waals surface area contributed by atoms with Gasteiger partial charge in [0.05, 0.1) is 0 Å². The van der Waals surface area contributed by atoms with Crippen LogP contribution in [0.25, 0.3) is 0 Å². The van der Waals surface area contributed by atoms with Crippen LogP contribution in [0.5, 0.6) is 0 Å². The van der Waals surface area contributed by atoms with E-state index in [0.717, 1.165) is 10.0 Å². The molecule has 0 aliphatic rings. The van der Waals surface area contributed by atoms with Gasteiger partial charge in [-0.05, 0) is 58.7 Å². The third kappa shape index (κ3) is 2.28. The van der Waals surface area contributed by atoms with Crippen LogP contribution >= 0.6 is 31.9 Å². The van der Waals surface area contributed by atoms with Crippen molar-refractivity contribution in [3.63, 3.8) is 0 Å². The number of benzene rings is 1. The fraction of sp³-hybridized carbons (Fsp3) is 0.0833.